The molecular weight excluding hydrogens is 404 g/mol. The minimum Gasteiger partial charge on any atom is -0.422 e. The highest BCUT2D eigenvalue weighted by Gasteiger charge is 2.15. The summed E-state index contributed by atoms with van der Waals surface area (Å²) >= 11 is 1.20. The van der Waals surface area contributed by atoms with Gasteiger partial charge in [-0.2, -0.15) is 5.26 Å². The third-order valence-electron chi connectivity index (χ3n) is 4.21. The Morgan fingerprint density at radius 2 is 2.03 bits per heavy atom. The molecule has 2 heterocycles. The van der Waals surface area contributed by atoms with E-state index in [0.29, 0.717) is 21.7 Å². The summed E-state index contributed by atoms with van der Waals surface area (Å²) in [5.74, 6) is 0. The standard InChI is InChI=1S/C21H12N4O4S/c22-10-14(11-23-15-4-2-1-3-5-15)20-24-18(12-30-20)17-9-13-8-16(25(27)28)6-7-19(13)29-21(17)26/h1-9,11-12,23H/b14-11-. The molecule has 146 valence electrons. The van der Waals surface area contributed by atoms with Gasteiger partial charge in [-0.15, -0.1) is 11.3 Å². The van der Waals surface area contributed by atoms with E-state index in [1.165, 1.54) is 35.6 Å². The van der Waals surface area contributed by atoms with Crippen molar-refractivity contribution in [3.05, 3.63) is 91.7 Å². The van der Waals surface area contributed by atoms with Crippen LogP contribution in [0.5, 0.6) is 0 Å². The Labute approximate surface area is 173 Å². The maximum absolute atomic E-state index is 12.4. The fourth-order valence-electron chi connectivity index (χ4n) is 2.76. The molecule has 0 aliphatic heterocycles. The second-order valence-corrected chi connectivity index (χ2v) is 7.00. The van der Waals surface area contributed by atoms with Crippen LogP contribution >= 0.6 is 11.3 Å². The summed E-state index contributed by atoms with van der Waals surface area (Å²) in [5.41, 5.74) is 1.14. The van der Waals surface area contributed by atoms with Crippen molar-refractivity contribution in [2.45, 2.75) is 0 Å². The van der Waals surface area contributed by atoms with Gasteiger partial charge in [-0.1, -0.05) is 18.2 Å². The zero-order valence-corrected chi connectivity index (χ0v) is 16.1. The zero-order chi connectivity index (χ0) is 21.1. The molecule has 0 unspecified atom stereocenters. The largest absolute Gasteiger partial charge is 0.422 e. The van der Waals surface area contributed by atoms with Crippen LogP contribution in [0.15, 0.2) is 75.4 Å². The lowest BCUT2D eigenvalue weighted by Crippen LogP contribution is -2.03. The summed E-state index contributed by atoms with van der Waals surface area (Å²) in [4.78, 5) is 27.2. The summed E-state index contributed by atoms with van der Waals surface area (Å²) in [6.45, 7) is 0. The van der Waals surface area contributed by atoms with Gasteiger partial charge in [-0.05, 0) is 24.3 Å². The SMILES string of the molecule is N#C/C(=C/Nc1ccccc1)c1nc(-c2cc3cc([N+](=O)[O-])ccc3oc2=O)cs1. The van der Waals surface area contributed by atoms with Crippen LogP contribution in [0.4, 0.5) is 11.4 Å². The number of nitrogens with zero attached hydrogens (tertiary/aromatic N) is 3. The number of para-hydroxylation sites is 1. The average Bonchev–Trinajstić information content (AvgIpc) is 3.24. The molecule has 0 aliphatic carbocycles. The molecule has 2 aromatic carbocycles. The van der Waals surface area contributed by atoms with Crippen LogP contribution in [0.1, 0.15) is 5.01 Å². The molecule has 0 aliphatic rings. The Morgan fingerprint density at radius 3 is 2.77 bits per heavy atom. The summed E-state index contributed by atoms with van der Waals surface area (Å²) in [7, 11) is 0. The van der Waals surface area contributed by atoms with Gasteiger partial charge in [0.15, 0.2) is 0 Å². The van der Waals surface area contributed by atoms with Crippen molar-refractivity contribution in [3.63, 3.8) is 0 Å². The number of nitrogens with one attached hydrogen (secondary N) is 1. The summed E-state index contributed by atoms with van der Waals surface area (Å²) in [6, 6.07) is 16.9. The Balaban J connectivity index is 1.69. The minimum atomic E-state index is -0.613. The lowest BCUT2D eigenvalue weighted by molar-refractivity contribution is -0.384. The van der Waals surface area contributed by atoms with Crippen molar-refractivity contribution in [1.82, 2.24) is 4.98 Å². The number of anilines is 1. The Bertz CT molecular complexity index is 1380. The van der Waals surface area contributed by atoms with E-state index in [2.05, 4.69) is 16.4 Å². The zero-order valence-electron chi connectivity index (χ0n) is 15.2. The molecule has 0 amide bonds. The van der Waals surface area contributed by atoms with E-state index < -0.39 is 10.5 Å². The molecule has 1 N–H and O–H groups in total. The number of aromatic nitrogens is 1. The third-order valence-corrected chi connectivity index (χ3v) is 5.09. The van der Waals surface area contributed by atoms with E-state index in [4.69, 9.17) is 4.42 Å². The van der Waals surface area contributed by atoms with Crippen molar-refractivity contribution < 1.29 is 9.34 Å². The van der Waals surface area contributed by atoms with Gasteiger partial charge in [0, 0.05) is 34.8 Å². The Hall–Kier alpha value is -4.29. The smallest absolute Gasteiger partial charge is 0.345 e. The first kappa shape index (κ1) is 19.0. The number of hydrogen-bond acceptors (Lipinski definition) is 8. The molecule has 0 saturated carbocycles. The monoisotopic (exact) mass is 416 g/mol. The van der Waals surface area contributed by atoms with E-state index >= 15 is 0 Å². The number of thiazole rings is 1. The summed E-state index contributed by atoms with van der Waals surface area (Å²) in [5, 5.41) is 26.0. The van der Waals surface area contributed by atoms with Crippen molar-refractivity contribution in [2.75, 3.05) is 5.32 Å². The van der Waals surface area contributed by atoms with E-state index in [1.54, 1.807) is 11.6 Å². The molecule has 0 bridgehead atoms. The maximum atomic E-state index is 12.4. The molecule has 2 aromatic heterocycles. The second kappa shape index (κ2) is 7.98. The van der Waals surface area contributed by atoms with E-state index in [9.17, 15) is 20.2 Å². The Kier molecular flexibility index (Phi) is 5.07. The number of hydrogen-bond donors (Lipinski definition) is 1. The van der Waals surface area contributed by atoms with E-state index in [0.717, 1.165) is 5.69 Å². The normalized spacial score (nSPS) is 11.2. The highest BCUT2D eigenvalue weighted by atomic mass is 32.1. The molecule has 8 nitrogen and oxygen atoms in total. The predicted molar refractivity (Wildman–Crippen MR) is 114 cm³/mol. The first-order chi connectivity index (χ1) is 14.5. The number of allylic oxidation sites excluding steroid dienone is 1. The Morgan fingerprint density at radius 1 is 1.23 bits per heavy atom. The molecule has 30 heavy (non-hydrogen) atoms. The van der Waals surface area contributed by atoms with E-state index in [-0.39, 0.29) is 16.8 Å². The van der Waals surface area contributed by atoms with E-state index in [1.807, 2.05) is 30.3 Å². The number of fused-ring (bicyclic) bond motifs is 1. The third kappa shape index (κ3) is 3.80. The van der Waals surface area contributed by atoms with Crippen LogP contribution in [-0.2, 0) is 0 Å². The summed E-state index contributed by atoms with van der Waals surface area (Å²) < 4.78 is 5.28. The highest BCUT2D eigenvalue weighted by molar-refractivity contribution is 7.11. The van der Waals surface area contributed by atoms with Crippen molar-refractivity contribution in [1.29, 1.82) is 5.26 Å². The first-order valence-corrected chi connectivity index (χ1v) is 9.53. The highest BCUT2D eigenvalue weighted by Crippen LogP contribution is 2.27. The van der Waals surface area contributed by atoms with Gasteiger partial charge < -0.3 is 9.73 Å². The van der Waals surface area contributed by atoms with Gasteiger partial charge in [-0.3, -0.25) is 10.1 Å². The molecular formula is C21H12N4O4S. The fraction of sp³-hybridized carbons (Fsp3) is 0. The molecule has 9 heteroatoms. The lowest BCUT2D eigenvalue weighted by Gasteiger charge is -2.01. The maximum Gasteiger partial charge on any atom is 0.345 e. The molecule has 0 saturated heterocycles. The summed E-state index contributed by atoms with van der Waals surface area (Å²) in [6.07, 6.45) is 1.55. The first-order valence-electron chi connectivity index (χ1n) is 8.65. The predicted octanol–water partition coefficient (Wildman–Crippen LogP) is 4.80. The number of benzene rings is 2. The molecule has 0 fully saturated rings. The van der Waals surface area contributed by atoms with Gasteiger partial charge in [0.05, 0.1) is 16.2 Å². The molecule has 4 aromatic rings. The van der Waals surface area contributed by atoms with Crippen molar-refractivity contribution in [3.8, 4) is 17.3 Å². The van der Waals surface area contributed by atoms with Gasteiger partial charge in [-0.25, -0.2) is 9.78 Å². The van der Waals surface area contributed by atoms with Gasteiger partial charge in [0.25, 0.3) is 5.69 Å². The average molecular weight is 416 g/mol. The minimum absolute atomic E-state index is 0.108. The molecule has 4 rings (SSSR count). The number of nitro groups is 1. The van der Waals surface area contributed by atoms with Crippen LogP contribution in [-0.4, -0.2) is 9.91 Å². The molecule has 0 atom stereocenters. The van der Waals surface area contributed by atoms with Crippen LogP contribution in [0.25, 0.3) is 27.8 Å². The second-order valence-electron chi connectivity index (χ2n) is 6.14. The number of rotatable bonds is 5. The quantitative estimate of drug-likeness (QED) is 0.214. The molecule has 0 spiro atoms. The van der Waals surface area contributed by atoms with Crippen LogP contribution in [0.3, 0.4) is 0 Å². The van der Waals surface area contributed by atoms with Gasteiger partial charge in [0.1, 0.15) is 22.2 Å². The van der Waals surface area contributed by atoms with Gasteiger partial charge in [0.2, 0.25) is 0 Å². The van der Waals surface area contributed by atoms with Crippen molar-refractivity contribution >= 4 is 39.3 Å². The van der Waals surface area contributed by atoms with Crippen LogP contribution < -0.4 is 10.9 Å². The fourth-order valence-corrected chi connectivity index (χ4v) is 3.54. The van der Waals surface area contributed by atoms with Gasteiger partial charge >= 0.3 is 5.63 Å². The number of nitro benzene ring substituents is 1. The number of non-ortho nitro benzene ring substituents is 1. The lowest BCUT2D eigenvalue weighted by atomic mass is 10.1. The molecule has 0 radical (unpaired) electrons. The number of nitriles is 1. The van der Waals surface area contributed by atoms with Crippen molar-refractivity contribution in [2.24, 2.45) is 0 Å². The topological polar surface area (TPSA) is 122 Å². The van der Waals surface area contributed by atoms with Crippen LogP contribution in [0, 0.1) is 21.4 Å². The van der Waals surface area contributed by atoms with Crippen LogP contribution in [0.2, 0.25) is 0 Å².